The van der Waals surface area contributed by atoms with E-state index in [4.69, 9.17) is 14.3 Å². The molecule has 2 aliphatic rings. The predicted octanol–water partition coefficient (Wildman–Crippen LogP) is 0.748. The summed E-state index contributed by atoms with van der Waals surface area (Å²) in [5, 5.41) is 12.8. The van der Waals surface area contributed by atoms with Crippen LogP contribution in [0.15, 0.2) is 47.1 Å². The van der Waals surface area contributed by atoms with E-state index in [0.29, 0.717) is 0 Å². The molecule has 1 atom stereocenters. The van der Waals surface area contributed by atoms with E-state index >= 15 is 0 Å². The number of ketones is 1. The van der Waals surface area contributed by atoms with Crippen molar-refractivity contribution in [2.24, 2.45) is 5.16 Å². The summed E-state index contributed by atoms with van der Waals surface area (Å²) in [5.41, 5.74) is -0.196. The molecule has 1 aromatic rings. The average Bonchev–Trinajstić information content (AvgIpc) is 3.59. The highest BCUT2D eigenvalue weighted by molar-refractivity contribution is 7.14. The van der Waals surface area contributed by atoms with Gasteiger partial charge in [0, 0.05) is 30.5 Å². The number of fused-ring (bicyclic) bond motifs is 1. The lowest BCUT2D eigenvalue weighted by atomic mass is 10.1. The zero-order valence-electron chi connectivity index (χ0n) is 20.7. The fourth-order valence-electron chi connectivity index (χ4n) is 3.60. The van der Waals surface area contributed by atoms with Gasteiger partial charge in [0.25, 0.3) is 11.8 Å². The van der Waals surface area contributed by atoms with E-state index in [2.05, 4.69) is 33.9 Å². The molecule has 1 aromatic heterocycles. The van der Waals surface area contributed by atoms with E-state index in [1.165, 1.54) is 29.7 Å². The molecule has 14 nitrogen and oxygen atoms in total. The van der Waals surface area contributed by atoms with Gasteiger partial charge in [0.15, 0.2) is 22.3 Å². The van der Waals surface area contributed by atoms with Crippen LogP contribution in [-0.2, 0) is 33.5 Å². The third-order valence-electron chi connectivity index (χ3n) is 5.20. The van der Waals surface area contributed by atoms with Gasteiger partial charge in [-0.3, -0.25) is 19.7 Å². The number of hydrogen-bond donors (Lipinski definition) is 2. The Balaban J connectivity index is 1.76. The van der Waals surface area contributed by atoms with E-state index in [-0.39, 0.29) is 66.3 Å². The molecule has 3 amide bonds. The molecule has 0 bridgehead atoms. The molecule has 3 heterocycles. The summed E-state index contributed by atoms with van der Waals surface area (Å²) in [6.45, 7) is 8.47. The molecule has 202 valence electrons. The zero-order chi connectivity index (χ0) is 27.8. The first-order valence-corrected chi connectivity index (χ1v) is 12.2. The van der Waals surface area contributed by atoms with Gasteiger partial charge in [-0.25, -0.2) is 24.6 Å². The molecule has 0 aromatic carbocycles. The Hall–Kier alpha value is -4.37. The van der Waals surface area contributed by atoms with Crippen molar-refractivity contribution >= 4 is 51.8 Å². The summed E-state index contributed by atoms with van der Waals surface area (Å²) in [6.07, 6.45) is 2.14. The summed E-state index contributed by atoms with van der Waals surface area (Å²) < 4.78 is 9.92. The normalized spacial score (nSPS) is 17.1. The van der Waals surface area contributed by atoms with Crippen molar-refractivity contribution in [3.63, 3.8) is 0 Å². The van der Waals surface area contributed by atoms with Crippen molar-refractivity contribution in [3.05, 3.63) is 47.7 Å². The quantitative estimate of drug-likeness (QED) is 0.165. The Morgan fingerprint density at radius 2 is 1.95 bits per heavy atom. The number of thiazole rings is 1. The average molecular weight is 547 g/mol. The first-order chi connectivity index (χ1) is 18.2. The van der Waals surface area contributed by atoms with E-state index in [0.717, 1.165) is 16.3 Å². The van der Waals surface area contributed by atoms with Crippen LogP contribution in [0, 0.1) is 0 Å². The van der Waals surface area contributed by atoms with Gasteiger partial charge in [0.05, 0.1) is 0 Å². The first-order valence-electron chi connectivity index (χ1n) is 11.3. The largest absolute Gasteiger partial charge is 0.457 e. The minimum absolute atomic E-state index is 0.00326. The molecule has 1 saturated heterocycles. The maximum absolute atomic E-state index is 13.2. The lowest BCUT2D eigenvalue weighted by molar-refractivity contribution is -0.146. The van der Waals surface area contributed by atoms with Crippen LogP contribution < -0.4 is 10.6 Å². The summed E-state index contributed by atoms with van der Waals surface area (Å²) in [5.74, 6) is -2.57. The van der Waals surface area contributed by atoms with E-state index in [1.807, 2.05) is 0 Å². The molecule has 0 radical (unpaired) electrons. The van der Waals surface area contributed by atoms with Crippen molar-refractivity contribution in [2.75, 3.05) is 38.7 Å². The molecule has 38 heavy (non-hydrogen) atoms. The van der Waals surface area contributed by atoms with Gasteiger partial charge in [-0.15, -0.1) is 11.3 Å². The fraction of sp³-hybridized carbons (Fsp3) is 0.348. The van der Waals surface area contributed by atoms with Crippen LogP contribution in [0.4, 0.5) is 9.93 Å². The van der Waals surface area contributed by atoms with Crippen LogP contribution in [0.1, 0.15) is 19.0 Å². The molecule has 1 fully saturated rings. The van der Waals surface area contributed by atoms with E-state index in [1.54, 1.807) is 6.92 Å². The SMILES string of the molecule is C=CCOC(=O)Nc1nc(/C(=N/OC)C(=O)N[C@@H]2CN3CC(C(=O)CC)=C(C(=O)OCC=C)N3C2=O)cs1. The molecule has 2 N–H and O–H groups in total. The summed E-state index contributed by atoms with van der Waals surface area (Å²) >= 11 is 1.01. The number of oxime groups is 1. The number of anilines is 1. The Morgan fingerprint density at radius 3 is 2.61 bits per heavy atom. The molecule has 0 saturated carbocycles. The molecule has 2 aliphatic heterocycles. The molecule has 0 aliphatic carbocycles. The van der Waals surface area contributed by atoms with Crippen LogP contribution in [0.3, 0.4) is 0 Å². The Labute approximate surface area is 221 Å². The van der Waals surface area contributed by atoms with Crippen molar-refractivity contribution < 1.29 is 38.3 Å². The molecular formula is C23H26N6O8S. The highest BCUT2D eigenvalue weighted by atomic mass is 32.1. The van der Waals surface area contributed by atoms with Gasteiger partial charge < -0.3 is 19.6 Å². The third-order valence-corrected chi connectivity index (χ3v) is 5.95. The van der Waals surface area contributed by atoms with Gasteiger partial charge in [0.2, 0.25) is 0 Å². The van der Waals surface area contributed by atoms with Crippen LogP contribution >= 0.6 is 11.3 Å². The molecular weight excluding hydrogens is 520 g/mol. The second-order valence-electron chi connectivity index (χ2n) is 7.69. The maximum atomic E-state index is 13.2. The number of carbonyl (C=O) groups is 5. The second-order valence-corrected chi connectivity index (χ2v) is 8.54. The summed E-state index contributed by atoms with van der Waals surface area (Å²) in [6, 6.07) is -1.07. The molecule has 15 heteroatoms. The van der Waals surface area contributed by atoms with Gasteiger partial charge in [-0.05, 0) is 0 Å². The number of aromatic nitrogens is 1. The van der Waals surface area contributed by atoms with Gasteiger partial charge in [-0.1, -0.05) is 37.4 Å². The van der Waals surface area contributed by atoms with E-state index < -0.39 is 29.9 Å². The Bertz CT molecular complexity index is 1220. The number of hydrazine groups is 1. The Morgan fingerprint density at radius 1 is 1.24 bits per heavy atom. The monoisotopic (exact) mass is 546 g/mol. The minimum atomic E-state index is -1.07. The zero-order valence-corrected chi connectivity index (χ0v) is 21.5. The molecule has 0 spiro atoms. The molecule has 0 unspecified atom stereocenters. The van der Waals surface area contributed by atoms with Gasteiger partial charge in [-0.2, -0.15) is 0 Å². The number of nitrogens with zero attached hydrogens (tertiary/aromatic N) is 4. The van der Waals surface area contributed by atoms with Crippen molar-refractivity contribution in [2.45, 2.75) is 19.4 Å². The van der Waals surface area contributed by atoms with Gasteiger partial charge >= 0.3 is 12.1 Å². The lowest BCUT2D eigenvalue weighted by Gasteiger charge is -2.20. The maximum Gasteiger partial charge on any atom is 0.413 e. The number of nitrogens with one attached hydrogen (secondary N) is 2. The standard InChI is InChI=1S/C23H26N6O8S/c1-5-8-36-21(33)18-13(16(30)7-3)10-28-11-14(20(32)29(18)28)24-19(31)17(27-35-4)15-12-38-22(25-15)26-23(34)37-9-6-2/h5-6,12,14H,1-2,7-11H2,3-4H3,(H,24,31)(H,25,26,34)/b27-17-/t14-/m1/s1. The number of amides is 3. The van der Waals surface area contributed by atoms with Gasteiger partial charge in [0.1, 0.15) is 32.1 Å². The van der Waals surface area contributed by atoms with Crippen molar-refractivity contribution in [1.29, 1.82) is 0 Å². The second kappa shape index (κ2) is 12.7. The van der Waals surface area contributed by atoms with Crippen molar-refractivity contribution in [1.82, 2.24) is 20.3 Å². The van der Waals surface area contributed by atoms with Crippen molar-refractivity contribution in [3.8, 4) is 0 Å². The topological polar surface area (TPSA) is 169 Å². The first kappa shape index (κ1) is 28.2. The predicted molar refractivity (Wildman–Crippen MR) is 135 cm³/mol. The lowest BCUT2D eigenvalue weighted by Crippen LogP contribution is -2.46. The number of ether oxygens (including phenoxy) is 2. The summed E-state index contributed by atoms with van der Waals surface area (Å²) in [4.78, 5) is 72.1. The Kier molecular flexibility index (Phi) is 9.45. The highest BCUT2D eigenvalue weighted by Crippen LogP contribution is 2.31. The number of esters is 1. The number of Topliss-reactive ketones (excluding diaryl/α,β-unsaturated/α-hetero) is 1. The van der Waals surface area contributed by atoms with Crippen LogP contribution in [0.5, 0.6) is 0 Å². The highest BCUT2D eigenvalue weighted by Gasteiger charge is 2.49. The summed E-state index contributed by atoms with van der Waals surface area (Å²) in [7, 11) is 1.23. The molecule has 3 rings (SSSR count). The number of rotatable bonds is 12. The minimum Gasteiger partial charge on any atom is -0.457 e. The smallest absolute Gasteiger partial charge is 0.413 e. The van der Waals surface area contributed by atoms with Crippen LogP contribution in [0.2, 0.25) is 0 Å². The van der Waals surface area contributed by atoms with E-state index in [9.17, 15) is 24.0 Å². The third kappa shape index (κ3) is 6.12. The number of hydrogen-bond acceptors (Lipinski definition) is 12. The number of carbonyl (C=O) groups excluding carboxylic acids is 5. The van der Waals surface area contributed by atoms with Crippen LogP contribution in [0.25, 0.3) is 0 Å². The fourth-order valence-corrected chi connectivity index (χ4v) is 4.28. The van der Waals surface area contributed by atoms with Crippen LogP contribution in [-0.4, -0.2) is 89.8 Å².